The molecule has 32 heavy (non-hydrogen) atoms. The maximum absolute atomic E-state index is 13.7. The van der Waals surface area contributed by atoms with Crippen LogP contribution < -0.4 is 15.0 Å². The fourth-order valence-electron chi connectivity index (χ4n) is 3.88. The van der Waals surface area contributed by atoms with E-state index in [1.807, 2.05) is 82.3 Å². The molecular weight excluding hydrogens is 400 g/mol. The van der Waals surface area contributed by atoms with Crippen molar-refractivity contribution in [2.24, 2.45) is 0 Å². The zero-order valence-electron chi connectivity index (χ0n) is 18.9. The molecule has 0 radical (unpaired) electrons. The summed E-state index contributed by atoms with van der Waals surface area (Å²) in [5.41, 5.74) is 6.50. The monoisotopic (exact) mass is 426 g/mol. The number of rotatable bonds is 5. The number of nitrogens with one attached hydrogen (secondary N) is 1. The molecule has 0 spiro atoms. The standard InChI is InChI=1S/C27H26N2O3/c1-16-9-12-20(13-10-16)24-25(28-21-15-17(2)11-14-23(21)32-5)27(31)29(26(24)30)22-8-6-7-18(3)19(22)4/h6-15,28H,1-5H3. The predicted molar refractivity (Wildman–Crippen MR) is 128 cm³/mol. The summed E-state index contributed by atoms with van der Waals surface area (Å²) in [5, 5.41) is 3.22. The summed E-state index contributed by atoms with van der Waals surface area (Å²) >= 11 is 0. The molecule has 5 nitrogen and oxygen atoms in total. The highest BCUT2D eigenvalue weighted by atomic mass is 16.5. The van der Waals surface area contributed by atoms with Crippen LogP contribution in [0.2, 0.25) is 0 Å². The van der Waals surface area contributed by atoms with Crippen molar-refractivity contribution >= 4 is 28.8 Å². The summed E-state index contributed by atoms with van der Waals surface area (Å²) in [4.78, 5) is 28.6. The molecule has 1 aliphatic heterocycles. The number of amides is 2. The summed E-state index contributed by atoms with van der Waals surface area (Å²) in [7, 11) is 1.58. The van der Waals surface area contributed by atoms with Gasteiger partial charge in [0.15, 0.2) is 0 Å². The van der Waals surface area contributed by atoms with Gasteiger partial charge in [-0.1, -0.05) is 48.0 Å². The second kappa shape index (κ2) is 8.35. The van der Waals surface area contributed by atoms with Crippen LogP contribution in [0.1, 0.15) is 27.8 Å². The van der Waals surface area contributed by atoms with Gasteiger partial charge in [0.05, 0.1) is 24.1 Å². The van der Waals surface area contributed by atoms with Crippen LogP contribution in [-0.4, -0.2) is 18.9 Å². The quantitative estimate of drug-likeness (QED) is 0.561. The third kappa shape index (κ3) is 3.66. The molecule has 3 aromatic rings. The van der Waals surface area contributed by atoms with Gasteiger partial charge in [-0.3, -0.25) is 9.59 Å². The fraction of sp³-hybridized carbons (Fsp3) is 0.185. The van der Waals surface area contributed by atoms with Crippen molar-refractivity contribution in [1.82, 2.24) is 0 Å². The van der Waals surface area contributed by atoms with Crippen LogP contribution in [0.3, 0.4) is 0 Å². The zero-order valence-corrected chi connectivity index (χ0v) is 18.9. The summed E-state index contributed by atoms with van der Waals surface area (Å²) in [6.07, 6.45) is 0. The highest BCUT2D eigenvalue weighted by molar-refractivity contribution is 6.46. The van der Waals surface area contributed by atoms with Gasteiger partial charge in [-0.25, -0.2) is 4.90 Å². The third-order valence-electron chi connectivity index (χ3n) is 5.86. The van der Waals surface area contributed by atoms with Crippen molar-refractivity contribution in [1.29, 1.82) is 0 Å². The summed E-state index contributed by atoms with van der Waals surface area (Å²) in [6, 6.07) is 18.9. The Morgan fingerprint density at radius 2 is 1.50 bits per heavy atom. The van der Waals surface area contributed by atoms with Crippen molar-refractivity contribution in [3.8, 4) is 5.75 Å². The Labute approximate surface area is 188 Å². The van der Waals surface area contributed by atoms with Crippen LogP contribution >= 0.6 is 0 Å². The minimum Gasteiger partial charge on any atom is -0.495 e. The Hall–Kier alpha value is -3.86. The summed E-state index contributed by atoms with van der Waals surface area (Å²) < 4.78 is 5.48. The van der Waals surface area contributed by atoms with Gasteiger partial charge < -0.3 is 10.1 Å². The van der Waals surface area contributed by atoms with E-state index in [2.05, 4.69) is 5.32 Å². The van der Waals surface area contributed by atoms with Gasteiger partial charge in [-0.15, -0.1) is 0 Å². The molecule has 0 unspecified atom stereocenters. The van der Waals surface area contributed by atoms with Crippen LogP contribution in [0.4, 0.5) is 11.4 Å². The Morgan fingerprint density at radius 3 is 2.19 bits per heavy atom. The smallest absolute Gasteiger partial charge is 0.282 e. The number of ether oxygens (including phenoxy) is 1. The van der Waals surface area contributed by atoms with E-state index < -0.39 is 0 Å². The van der Waals surface area contributed by atoms with E-state index in [1.54, 1.807) is 13.2 Å². The first-order valence-corrected chi connectivity index (χ1v) is 10.5. The first kappa shape index (κ1) is 21.4. The van der Waals surface area contributed by atoms with E-state index in [9.17, 15) is 9.59 Å². The molecule has 0 fully saturated rings. The molecule has 0 saturated carbocycles. The topological polar surface area (TPSA) is 58.6 Å². The number of nitrogens with zero attached hydrogens (tertiary/aromatic N) is 1. The molecule has 1 N–H and O–H groups in total. The van der Waals surface area contributed by atoms with Gasteiger partial charge >= 0.3 is 0 Å². The molecule has 162 valence electrons. The van der Waals surface area contributed by atoms with E-state index in [-0.39, 0.29) is 17.5 Å². The molecule has 5 heteroatoms. The number of carbonyl (C=O) groups excluding carboxylic acids is 2. The first-order chi connectivity index (χ1) is 15.3. The van der Waals surface area contributed by atoms with E-state index in [0.717, 1.165) is 22.3 Å². The molecule has 0 aromatic heterocycles. The van der Waals surface area contributed by atoms with Gasteiger partial charge in [-0.05, 0) is 68.1 Å². The Balaban J connectivity index is 1.88. The first-order valence-electron chi connectivity index (χ1n) is 10.5. The van der Waals surface area contributed by atoms with Crippen molar-refractivity contribution in [3.63, 3.8) is 0 Å². The van der Waals surface area contributed by atoms with Gasteiger partial charge in [0.1, 0.15) is 11.4 Å². The molecule has 0 saturated heterocycles. The largest absolute Gasteiger partial charge is 0.495 e. The number of benzene rings is 3. The summed E-state index contributed by atoms with van der Waals surface area (Å²) in [6.45, 7) is 7.84. The normalized spacial score (nSPS) is 13.7. The fourth-order valence-corrected chi connectivity index (χ4v) is 3.88. The minimum atomic E-state index is -0.386. The average Bonchev–Trinajstić information content (AvgIpc) is 3.01. The molecule has 0 bridgehead atoms. The second-order valence-corrected chi connectivity index (χ2v) is 8.11. The highest BCUT2D eigenvalue weighted by Gasteiger charge is 2.41. The lowest BCUT2D eigenvalue weighted by molar-refractivity contribution is -0.120. The van der Waals surface area contributed by atoms with Crippen LogP contribution in [0.5, 0.6) is 5.75 Å². The molecule has 0 atom stereocenters. The predicted octanol–water partition coefficient (Wildman–Crippen LogP) is 5.33. The van der Waals surface area contributed by atoms with Gasteiger partial charge in [0, 0.05) is 0 Å². The zero-order chi connectivity index (χ0) is 23.0. The second-order valence-electron chi connectivity index (χ2n) is 8.11. The van der Waals surface area contributed by atoms with Gasteiger partial charge in [0.25, 0.3) is 11.8 Å². The van der Waals surface area contributed by atoms with Crippen LogP contribution in [0.25, 0.3) is 5.57 Å². The maximum Gasteiger partial charge on any atom is 0.282 e. The molecule has 1 aliphatic rings. The Bertz CT molecular complexity index is 1260. The Morgan fingerprint density at radius 1 is 0.812 bits per heavy atom. The number of hydrogen-bond acceptors (Lipinski definition) is 4. The molecule has 0 aliphatic carbocycles. The van der Waals surface area contributed by atoms with E-state index >= 15 is 0 Å². The highest BCUT2D eigenvalue weighted by Crippen LogP contribution is 2.37. The maximum atomic E-state index is 13.7. The number of imide groups is 1. The van der Waals surface area contributed by atoms with Crippen molar-refractivity contribution in [3.05, 3.63) is 94.2 Å². The number of carbonyl (C=O) groups is 2. The van der Waals surface area contributed by atoms with E-state index in [1.165, 1.54) is 4.90 Å². The number of methoxy groups -OCH3 is 1. The molecule has 1 heterocycles. The third-order valence-corrected chi connectivity index (χ3v) is 5.86. The molecular formula is C27H26N2O3. The number of anilines is 2. The lowest BCUT2D eigenvalue weighted by Gasteiger charge is -2.19. The lowest BCUT2D eigenvalue weighted by Crippen LogP contribution is -2.33. The van der Waals surface area contributed by atoms with Crippen molar-refractivity contribution in [2.75, 3.05) is 17.3 Å². The molecule has 4 rings (SSSR count). The van der Waals surface area contributed by atoms with E-state index in [4.69, 9.17) is 4.74 Å². The van der Waals surface area contributed by atoms with Crippen molar-refractivity contribution < 1.29 is 14.3 Å². The Kier molecular flexibility index (Phi) is 5.57. The number of hydrogen-bond donors (Lipinski definition) is 1. The minimum absolute atomic E-state index is 0.239. The van der Waals surface area contributed by atoms with Gasteiger partial charge in [0.2, 0.25) is 0 Å². The van der Waals surface area contributed by atoms with Gasteiger partial charge in [-0.2, -0.15) is 0 Å². The molecule has 2 amide bonds. The van der Waals surface area contributed by atoms with Crippen LogP contribution in [0, 0.1) is 27.7 Å². The number of aryl methyl sites for hydroxylation is 3. The summed E-state index contributed by atoms with van der Waals surface area (Å²) in [5.74, 6) is -0.138. The SMILES string of the molecule is COc1ccc(C)cc1NC1=C(c2ccc(C)cc2)C(=O)N(c2cccc(C)c2C)C1=O. The van der Waals surface area contributed by atoms with Crippen molar-refractivity contribution in [2.45, 2.75) is 27.7 Å². The average molecular weight is 427 g/mol. The van der Waals surface area contributed by atoms with E-state index in [0.29, 0.717) is 28.3 Å². The molecule has 3 aromatic carbocycles. The van der Waals surface area contributed by atoms with Crippen LogP contribution in [-0.2, 0) is 9.59 Å². The van der Waals surface area contributed by atoms with Crippen LogP contribution in [0.15, 0.2) is 66.4 Å². The lowest BCUT2D eigenvalue weighted by atomic mass is 10.0.